The van der Waals surface area contributed by atoms with Crippen molar-refractivity contribution in [3.05, 3.63) is 52.6 Å². The summed E-state index contributed by atoms with van der Waals surface area (Å²) in [5, 5.41) is 0.513. The highest BCUT2D eigenvalue weighted by molar-refractivity contribution is 6.31. The summed E-state index contributed by atoms with van der Waals surface area (Å²) in [6.45, 7) is 1.84. The van der Waals surface area contributed by atoms with E-state index in [1.165, 1.54) is 0 Å². The fraction of sp³-hybridized carbons (Fsp3) is 0.0769. The van der Waals surface area contributed by atoms with Gasteiger partial charge in [-0.2, -0.15) is 0 Å². The average molecular weight is 254 g/mol. The quantitative estimate of drug-likeness (QED) is 0.758. The first kappa shape index (κ1) is 11.9. The van der Waals surface area contributed by atoms with Crippen LogP contribution in [0.25, 0.3) is 11.1 Å². The number of nitrogens with two attached hydrogens (primary N) is 1. The summed E-state index contributed by atoms with van der Waals surface area (Å²) in [6.07, 6.45) is 0. The van der Waals surface area contributed by atoms with E-state index in [-0.39, 0.29) is 11.3 Å². The van der Waals surface area contributed by atoms with Crippen LogP contribution in [0.15, 0.2) is 30.3 Å². The molecule has 0 spiro atoms. The molecule has 2 aromatic rings. The Morgan fingerprint density at radius 2 is 1.76 bits per heavy atom. The van der Waals surface area contributed by atoms with Gasteiger partial charge in [0.1, 0.15) is 11.6 Å². The van der Waals surface area contributed by atoms with Crippen LogP contribution >= 0.6 is 11.6 Å². The van der Waals surface area contributed by atoms with Crippen molar-refractivity contribution < 1.29 is 8.78 Å². The third-order valence-electron chi connectivity index (χ3n) is 2.57. The van der Waals surface area contributed by atoms with Gasteiger partial charge >= 0.3 is 0 Å². The van der Waals surface area contributed by atoms with E-state index in [1.807, 2.05) is 6.92 Å². The summed E-state index contributed by atoms with van der Waals surface area (Å²) in [4.78, 5) is 0. The minimum absolute atomic E-state index is 0.151. The molecule has 0 amide bonds. The number of rotatable bonds is 1. The van der Waals surface area contributed by atoms with Gasteiger partial charge in [-0.15, -0.1) is 0 Å². The molecular weight excluding hydrogens is 244 g/mol. The van der Waals surface area contributed by atoms with Crippen LogP contribution in [0.5, 0.6) is 0 Å². The minimum atomic E-state index is -0.641. The number of halogens is 3. The lowest BCUT2D eigenvalue weighted by molar-refractivity contribution is 0.607. The van der Waals surface area contributed by atoms with Crippen LogP contribution in [0, 0.1) is 18.6 Å². The Labute approximate surface area is 103 Å². The second-order valence-corrected chi connectivity index (χ2v) is 4.22. The molecule has 0 saturated heterocycles. The normalized spacial score (nSPS) is 10.6. The summed E-state index contributed by atoms with van der Waals surface area (Å²) in [5.74, 6) is -1.21. The lowest BCUT2D eigenvalue weighted by atomic mass is 10.0. The molecule has 0 saturated carbocycles. The predicted octanol–water partition coefficient (Wildman–Crippen LogP) is 4.18. The van der Waals surface area contributed by atoms with Gasteiger partial charge in [0.15, 0.2) is 0 Å². The van der Waals surface area contributed by atoms with E-state index in [9.17, 15) is 8.78 Å². The fourth-order valence-corrected chi connectivity index (χ4v) is 1.72. The van der Waals surface area contributed by atoms with Gasteiger partial charge in [0.25, 0.3) is 0 Å². The number of nitrogen functional groups attached to an aromatic ring is 1. The highest BCUT2D eigenvalue weighted by atomic mass is 35.5. The van der Waals surface area contributed by atoms with Gasteiger partial charge in [-0.25, -0.2) is 8.78 Å². The Kier molecular flexibility index (Phi) is 3.03. The third kappa shape index (κ3) is 2.24. The van der Waals surface area contributed by atoms with Gasteiger partial charge in [-0.1, -0.05) is 23.7 Å². The molecule has 0 aliphatic carbocycles. The maximum Gasteiger partial charge on any atom is 0.146 e. The highest BCUT2D eigenvalue weighted by Gasteiger charge is 2.10. The van der Waals surface area contributed by atoms with E-state index in [0.717, 1.165) is 17.7 Å². The lowest BCUT2D eigenvalue weighted by Gasteiger charge is -2.07. The summed E-state index contributed by atoms with van der Waals surface area (Å²) < 4.78 is 27.0. The first-order valence-electron chi connectivity index (χ1n) is 5.00. The molecule has 0 aliphatic heterocycles. The molecule has 0 radical (unpaired) electrons. The minimum Gasteiger partial charge on any atom is -0.396 e. The number of benzene rings is 2. The molecule has 2 rings (SSSR count). The van der Waals surface area contributed by atoms with Gasteiger partial charge in [0.2, 0.25) is 0 Å². The van der Waals surface area contributed by atoms with Gasteiger partial charge in [-0.05, 0) is 30.2 Å². The van der Waals surface area contributed by atoms with E-state index in [4.69, 9.17) is 17.3 Å². The first-order chi connectivity index (χ1) is 7.99. The van der Waals surface area contributed by atoms with Crippen molar-refractivity contribution in [3.63, 3.8) is 0 Å². The smallest absolute Gasteiger partial charge is 0.146 e. The van der Waals surface area contributed by atoms with Crippen molar-refractivity contribution in [1.82, 2.24) is 0 Å². The zero-order valence-electron chi connectivity index (χ0n) is 9.10. The molecule has 0 aromatic heterocycles. The van der Waals surface area contributed by atoms with Crippen LogP contribution in [0.1, 0.15) is 5.56 Å². The van der Waals surface area contributed by atoms with Crippen molar-refractivity contribution in [2.75, 3.05) is 5.73 Å². The highest BCUT2D eigenvalue weighted by Crippen LogP contribution is 2.29. The van der Waals surface area contributed by atoms with Gasteiger partial charge in [-0.3, -0.25) is 0 Å². The molecule has 1 nitrogen and oxygen atoms in total. The Morgan fingerprint density at radius 3 is 2.41 bits per heavy atom. The van der Waals surface area contributed by atoms with E-state index >= 15 is 0 Å². The van der Waals surface area contributed by atoms with Crippen molar-refractivity contribution in [2.45, 2.75) is 6.92 Å². The SMILES string of the molecule is Cc1ccc(-c2cc(F)c(N)cc2F)cc1Cl. The molecule has 0 atom stereocenters. The van der Waals surface area contributed by atoms with E-state index < -0.39 is 11.6 Å². The first-order valence-corrected chi connectivity index (χ1v) is 5.38. The molecule has 0 heterocycles. The Morgan fingerprint density at radius 1 is 1.06 bits per heavy atom. The average Bonchev–Trinajstić information content (AvgIpc) is 2.27. The third-order valence-corrected chi connectivity index (χ3v) is 2.98. The van der Waals surface area contributed by atoms with Crippen molar-refractivity contribution >= 4 is 17.3 Å². The zero-order valence-corrected chi connectivity index (χ0v) is 9.85. The lowest BCUT2D eigenvalue weighted by Crippen LogP contribution is -1.94. The molecule has 0 fully saturated rings. The van der Waals surface area contributed by atoms with Crippen LogP contribution in [-0.2, 0) is 0 Å². The maximum atomic E-state index is 13.7. The molecule has 88 valence electrons. The Bertz CT molecular complexity index is 582. The van der Waals surface area contributed by atoms with Gasteiger partial charge in [0, 0.05) is 16.7 Å². The molecule has 2 aromatic carbocycles. The summed E-state index contributed by atoms with van der Waals surface area (Å²) in [5.41, 5.74) is 6.63. The van der Waals surface area contributed by atoms with E-state index in [1.54, 1.807) is 18.2 Å². The molecule has 2 N–H and O–H groups in total. The molecule has 0 bridgehead atoms. The second kappa shape index (κ2) is 4.34. The molecule has 17 heavy (non-hydrogen) atoms. The van der Waals surface area contributed by atoms with Gasteiger partial charge in [0.05, 0.1) is 5.69 Å². The molecular formula is C13H10ClF2N. The van der Waals surface area contributed by atoms with Gasteiger partial charge < -0.3 is 5.73 Å². The van der Waals surface area contributed by atoms with Crippen LogP contribution in [0.4, 0.5) is 14.5 Å². The van der Waals surface area contributed by atoms with Crippen molar-refractivity contribution in [1.29, 1.82) is 0 Å². The van der Waals surface area contributed by atoms with Crippen LogP contribution in [0.2, 0.25) is 5.02 Å². The van der Waals surface area contributed by atoms with Crippen LogP contribution < -0.4 is 5.73 Å². The monoisotopic (exact) mass is 253 g/mol. The fourth-order valence-electron chi connectivity index (χ4n) is 1.54. The largest absolute Gasteiger partial charge is 0.396 e. The Hall–Kier alpha value is -1.61. The predicted molar refractivity (Wildman–Crippen MR) is 66.0 cm³/mol. The van der Waals surface area contributed by atoms with Crippen molar-refractivity contribution in [2.24, 2.45) is 0 Å². The Balaban J connectivity index is 2.60. The topological polar surface area (TPSA) is 26.0 Å². The van der Waals surface area contributed by atoms with Crippen molar-refractivity contribution in [3.8, 4) is 11.1 Å². The summed E-state index contributed by atoms with van der Waals surface area (Å²) in [7, 11) is 0. The maximum absolute atomic E-state index is 13.7. The number of hydrogen-bond acceptors (Lipinski definition) is 1. The summed E-state index contributed by atoms with van der Waals surface area (Å²) in [6, 6.07) is 7.09. The van der Waals surface area contributed by atoms with Crippen LogP contribution in [0.3, 0.4) is 0 Å². The standard InChI is InChI=1S/C13H10ClF2N/c1-7-2-3-8(4-10(7)14)9-5-12(16)13(17)6-11(9)15/h2-6H,17H2,1H3. The molecule has 0 unspecified atom stereocenters. The summed E-state index contributed by atoms with van der Waals surface area (Å²) >= 11 is 5.95. The van der Waals surface area contributed by atoms with E-state index in [2.05, 4.69) is 0 Å². The number of hydrogen-bond donors (Lipinski definition) is 1. The second-order valence-electron chi connectivity index (χ2n) is 3.82. The van der Waals surface area contributed by atoms with E-state index in [0.29, 0.717) is 10.6 Å². The zero-order chi connectivity index (χ0) is 12.6. The number of aryl methyl sites for hydroxylation is 1. The van der Waals surface area contributed by atoms with Crippen LogP contribution in [-0.4, -0.2) is 0 Å². The molecule has 0 aliphatic rings. The molecule has 4 heteroatoms. The number of anilines is 1.